The molecule has 0 saturated carbocycles. The summed E-state index contributed by atoms with van der Waals surface area (Å²) in [4.78, 5) is 13.1. The van der Waals surface area contributed by atoms with E-state index in [9.17, 15) is 0 Å². The molecule has 0 amide bonds. The molecular formula is C12H18N6. The molecule has 2 aromatic heterocycles. The van der Waals surface area contributed by atoms with E-state index >= 15 is 0 Å². The molecule has 2 rings (SSSR count). The van der Waals surface area contributed by atoms with Crippen LogP contribution in [0.3, 0.4) is 0 Å². The zero-order valence-electron chi connectivity index (χ0n) is 10.9. The van der Waals surface area contributed by atoms with Crippen molar-refractivity contribution in [1.82, 2.24) is 19.5 Å². The topological polar surface area (TPSA) is 81.6 Å². The first-order chi connectivity index (χ1) is 8.60. The summed E-state index contributed by atoms with van der Waals surface area (Å²) in [7, 11) is 1.91. The lowest BCUT2D eigenvalue weighted by molar-refractivity contribution is 0.634. The lowest BCUT2D eigenvalue weighted by Crippen LogP contribution is -2.12. The quantitative estimate of drug-likeness (QED) is 0.629. The maximum atomic E-state index is 5.44. The van der Waals surface area contributed by atoms with Crippen molar-refractivity contribution in [3.63, 3.8) is 0 Å². The maximum absolute atomic E-state index is 5.44. The number of aryl methyl sites for hydroxylation is 1. The van der Waals surface area contributed by atoms with E-state index in [1.165, 1.54) is 0 Å². The van der Waals surface area contributed by atoms with E-state index < -0.39 is 0 Å². The monoisotopic (exact) mass is 246 g/mol. The third kappa shape index (κ3) is 2.65. The van der Waals surface area contributed by atoms with Gasteiger partial charge in [-0.3, -0.25) is 0 Å². The van der Waals surface area contributed by atoms with Crippen LogP contribution in [-0.4, -0.2) is 19.5 Å². The number of hydrazine groups is 1. The first-order valence-corrected chi connectivity index (χ1v) is 5.92. The number of nitrogens with zero attached hydrogens (tertiary/aromatic N) is 4. The van der Waals surface area contributed by atoms with E-state index in [1.807, 2.05) is 23.9 Å². The van der Waals surface area contributed by atoms with Gasteiger partial charge in [-0.2, -0.15) is 0 Å². The Kier molecular flexibility index (Phi) is 3.57. The van der Waals surface area contributed by atoms with Crippen LogP contribution in [0.5, 0.6) is 0 Å². The predicted molar refractivity (Wildman–Crippen MR) is 70.6 cm³/mol. The van der Waals surface area contributed by atoms with Gasteiger partial charge in [-0.1, -0.05) is 13.8 Å². The summed E-state index contributed by atoms with van der Waals surface area (Å²) in [5.74, 6) is 7.90. The minimum atomic E-state index is 0.528. The van der Waals surface area contributed by atoms with Crippen LogP contribution in [0.4, 0.5) is 5.82 Å². The van der Waals surface area contributed by atoms with Crippen LogP contribution >= 0.6 is 0 Å². The molecule has 0 aliphatic rings. The van der Waals surface area contributed by atoms with Crippen molar-refractivity contribution in [3.05, 3.63) is 24.2 Å². The second-order valence-electron chi connectivity index (χ2n) is 4.67. The van der Waals surface area contributed by atoms with Gasteiger partial charge in [0.05, 0.1) is 0 Å². The summed E-state index contributed by atoms with van der Waals surface area (Å²) in [6.07, 6.45) is 4.47. The summed E-state index contributed by atoms with van der Waals surface area (Å²) in [6.45, 7) is 4.30. The molecule has 0 unspecified atom stereocenters. The second-order valence-corrected chi connectivity index (χ2v) is 4.67. The Morgan fingerprint density at radius 2 is 2.17 bits per heavy atom. The summed E-state index contributed by atoms with van der Waals surface area (Å²) >= 11 is 0. The van der Waals surface area contributed by atoms with Gasteiger partial charge in [-0.25, -0.2) is 20.8 Å². The van der Waals surface area contributed by atoms with Gasteiger partial charge in [0.25, 0.3) is 0 Å². The maximum Gasteiger partial charge on any atom is 0.198 e. The minimum Gasteiger partial charge on any atom is -0.331 e. The summed E-state index contributed by atoms with van der Waals surface area (Å²) in [5.41, 5.74) is 3.54. The third-order valence-corrected chi connectivity index (χ3v) is 2.57. The zero-order chi connectivity index (χ0) is 13.1. The molecule has 18 heavy (non-hydrogen) atoms. The van der Waals surface area contributed by atoms with Crippen LogP contribution in [-0.2, 0) is 13.5 Å². The van der Waals surface area contributed by atoms with Gasteiger partial charge in [-0.15, -0.1) is 0 Å². The molecule has 0 saturated heterocycles. The lowest BCUT2D eigenvalue weighted by atomic mass is 10.1. The Labute approximate surface area is 106 Å². The summed E-state index contributed by atoms with van der Waals surface area (Å²) in [5, 5.41) is 0. The van der Waals surface area contributed by atoms with Gasteiger partial charge in [-0.05, 0) is 12.3 Å². The number of aromatic nitrogens is 4. The third-order valence-electron chi connectivity index (χ3n) is 2.57. The van der Waals surface area contributed by atoms with E-state index in [0.717, 1.165) is 17.9 Å². The number of nitrogens with two attached hydrogens (primary N) is 1. The van der Waals surface area contributed by atoms with Crippen molar-refractivity contribution >= 4 is 5.82 Å². The molecule has 2 aromatic rings. The van der Waals surface area contributed by atoms with Gasteiger partial charge < -0.3 is 9.99 Å². The molecule has 0 atom stereocenters. The average Bonchev–Trinajstić information content (AvgIpc) is 2.74. The van der Waals surface area contributed by atoms with Gasteiger partial charge in [0, 0.05) is 31.2 Å². The zero-order valence-corrected chi connectivity index (χ0v) is 10.9. The number of nitrogen functional groups attached to an aromatic ring is 1. The van der Waals surface area contributed by atoms with Crippen LogP contribution in [0.15, 0.2) is 18.5 Å². The standard InChI is InChI=1S/C12H18N6/c1-8(2)6-9-7-10(17-13)16-11(15-9)12-14-4-5-18(12)3/h4-5,7-8H,6,13H2,1-3H3,(H,15,16,17). The predicted octanol–water partition coefficient (Wildman–Crippen LogP) is 1.36. The molecule has 3 N–H and O–H groups in total. The fourth-order valence-corrected chi connectivity index (χ4v) is 1.78. The summed E-state index contributed by atoms with van der Waals surface area (Å²) < 4.78 is 1.88. The molecule has 0 fully saturated rings. The van der Waals surface area contributed by atoms with Crippen LogP contribution in [0.1, 0.15) is 19.5 Å². The highest BCUT2D eigenvalue weighted by Gasteiger charge is 2.11. The highest BCUT2D eigenvalue weighted by molar-refractivity contribution is 5.49. The largest absolute Gasteiger partial charge is 0.331 e. The van der Waals surface area contributed by atoms with E-state index in [2.05, 4.69) is 34.2 Å². The van der Waals surface area contributed by atoms with Gasteiger partial charge in [0.15, 0.2) is 11.6 Å². The van der Waals surface area contributed by atoms with E-state index in [1.54, 1.807) is 6.20 Å². The summed E-state index contributed by atoms with van der Waals surface area (Å²) in [6, 6.07) is 1.87. The second kappa shape index (κ2) is 5.14. The normalized spacial score (nSPS) is 10.9. The Hall–Kier alpha value is -1.95. The molecule has 0 spiro atoms. The van der Waals surface area contributed by atoms with Crippen LogP contribution in [0.2, 0.25) is 0 Å². The smallest absolute Gasteiger partial charge is 0.198 e. The molecule has 0 aliphatic heterocycles. The molecule has 6 nitrogen and oxygen atoms in total. The SMILES string of the molecule is CC(C)Cc1cc(NN)nc(-c2nccn2C)n1. The Morgan fingerprint density at radius 1 is 1.39 bits per heavy atom. The molecule has 96 valence electrons. The highest BCUT2D eigenvalue weighted by atomic mass is 15.3. The Balaban J connectivity index is 2.44. The van der Waals surface area contributed by atoms with Crippen molar-refractivity contribution in [1.29, 1.82) is 0 Å². The van der Waals surface area contributed by atoms with Crippen molar-refractivity contribution in [3.8, 4) is 11.6 Å². The van der Waals surface area contributed by atoms with Gasteiger partial charge in [0.1, 0.15) is 5.82 Å². The molecular weight excluding hydrogens is 228 g/mol. The molecule has 0 radical (unpaired) electrons. The van der Waals surface area contributed by atoms with E-state index in [4.69, 9.17) is 5.84 Å². The molecule has 0 bridgehead atoms. The minimum absolute atomic E-state index is 0.528. The number of hydrogen-bond donors (Lipinski definition) is 2. The van der Waals surface area contributed by atoms with Gasteiger partial charge in [0.2, 0.25) is 0 Å². The van der Waals surface area contributed by atoms with E-state index in [-0.39, 0.29) is 0 Å². The number of anilines is 1. The van der Waals surface area contributed by atoms with Crippen molar-refractivity contribution in [2.75, 3.05) is 5.43 Å². The number of rotatable bonds is 4. The first kappa shape index (κ1) is 12.5. The molecule has 6 heteroatoms. The van der Waals surface area contributed by atoms with Crippen molar-refractivity contribution in [2.45, 2.75) is 20.3 Å². The van der Waals surface area contributed by atoms with Gasteiger partial charge >= 0.3 is 0 Å². The molecule has 0 aromatic carbocycles. The lowest BCUT2D eigenvalue weighted by Gasteiger charge is -2.09. The number of nitrogens with one attached hydrogen (secondary N) is 1. The fourth-order valence-electron chi connectivity index (χ4n) is 1.78. The molecule has 2 heterocycles. The Bertz CT molecular complexity index is 531. The number of hydrogen-bond acceptors (Lipinski definition) is 5. The van der Waals surface area contributed by atoms with Crippen LogP contribution in [0.25, 0.3) is 11.6 Å². The van der Waals surface area contributed by atoms with Crippen molar-refractivity contribution in [2.24, 2.45) is 18.8 Å². The first-order valence-electron chi connectivity index (χ1n) is 5.92. The van der Waals surface area contributed by atoms with Crippen molar-refractivity contribution < 1.29 is 0 Å². The van der Waals surface area contributed by atoms with Crippen LogP contribution < -0.4 is 11.3 Å². The fraction of sp³-hybridized carbons (Fsp3) is 0.417. The Morgan fingerprint density at radius 3 is 2.72 bits per heavy atom. The number of imidazole rings is 1. The average molecular weight is 246 g/mol. The molecule has 0 aliphatic carbocycles. The highest BCUT2D eigenvalue weighted by Crippen LogP contribution is 2.17. The van der Waals surface area contributed by atoms with E-state index in [0.29, 0.717) is 17.6 Å². The van der Waals surface area contributed by atoms with Crippen LogP contribution in [0, 0.1) is 5.92 Å².